The third kappa shape index (κ3) is 3.55. The average Bonchev–Trinajstić information content (AvgIpc) is 2.11. The van der Waals surface area contributed by atoms with Crippen LogP contribution in [0.4, 0.5) is 0 Å². The molecule has 4 heteroatoms. The van der Waals surface area contributed by atoms with Crippen molar-refractivity contribution < 1.29 is 4.74 Å². The topological polar surface area (TPSA) is 35.2 Å². The van der Waals surface area contributed by atoms with Crippen molar-refractivity contribution in [3.63, 3.8) is 0 Å². The standard InChI is InChI=1S/C9H11BrClNO/c10-8-3-2-7(11)6-9(8)13-5-1-4-12/h2-3,6H,1,4-5,12H2. The lowest BCUT2D eigenvalue weighted by molar-refractivity contribution is 0.311. The highest BCUT2D eigenvalue weighted by molar-refractivity contribution is 9.10. The van der Waals surface area contributed by atoms with Crippen LogP contribution < -0.4 is 10.5 Å². The van der Waals surface area contributed by atoms with E-state index in [0.29, 0.717) is 18.2 Å². The van der Waals surface area contributed by atoms with Crippen molar-refractivity contribution in [1.29, 1.82) is 0 Å². The van der Waals surface area contributed by atoms with E-state index < -0.39 is 0 Å². The predicted octanol–water partition coefficient (Wildman–Crippen LogP) is 2.83. The summed E-state index contributed by atoms with van der Waals surface area (Å²) in [5, 5.41) is 0.672. The van der Waals surface area contributed by atoms with Gasteiger partial charge in [0.1, 0.15) is 5.75 Å². The van der Waals surface area contributed by atoms with Gasteiger partial charge in [0, 0.05) is 5.02 Å². The fourth-order valence-electron chi connectivity index (χ4n) is 0.853. The smallest absolute Gasteiger partial charge is 0.134 e. The first-order valence-corrected chi connectivity index (χ1v) is 5.19. The third-order valence-electron chi connectivity index (χ3n) is 1.50. The highest BCUT2D eigenvalue weighted by atomic mass is 79.9. The average molecular weight is 265 g/mol. The SMILES string of the molecule is NCCCOc1cc(Cl)ccc1Br. The molecule has 0 aliphatic heterocycles. The van der Waals surface area contributed by atoms with Gasteiger partial charge in [-0.1, -0.05) is 11.6 Å². The van der Waals surface area contributed by atoms with Crippen LogP contribution in [0.5, 0.6) is 5.75 Å². The van der Waals surface area contributed by atoms with Gasteiger partial charge in [0.2, 0.25) is 0 Å². The summed E-state index contributed by atoms with van der Waals surface area (Å²) in [4.78, 5) is 0. The summed E-state index contributed by atoms with van der Waals surface area (Å²) in [6, 6.07) is 5.45. The Morgan fingerprint density at radius 2 is 2.23 bits per heavy atom. The molecule has 0 atom stereocenters. The molecule has 2 N–H and O–H groups in total. The maximum Gasteiger partial charge on any atom is 0.134 e. The number of ether oxygens (including phenoxy) is 1. The van der Waals surface area contributed by atoms with E-state index in [4.69, 9.17) is 22.1 Å². The van der Waals surface area contributed by atoms with Crippen LogP contribution in [0.1, 0.15) is 6.42 Å². The molecule has 0 saturated heterocycles. The lowest BCUT2D eigenvalue weighted by Gasteiger charge is -2.07. The Bertz CT molecular complexity index is 280. The summed E-state index contributed by atoms with van der Waals surface area (Å²) in [6.45, 7) is 1.26. The van der Waals surface area contributed by atoms with Gasteiger partial charge in [-0.05, 0) is 47.1 Å². The Morgan fingerprint density at radius 3 is 2.92 bits per heavy atom. The van der Waals surface area contributed by atoms with Crippen LogP contribution in [0, 0.1) is 0 Å². The van der Waals surface area contributed by atoms with Gasteiger partial charge in [-0.3, -0.25) is 0 Å². The molecule has 0 aliphatic rings. The van der Waals surface area contributed by atoms with Crippen molar-refractivity contribution in [3.8, 4) is 5.75 Å². The van der Waals surface area contributed by atoms with Crippen LogP contribution in [0.25, 0.3) is 0 Å². The van der Waals surface area contributed by atoms with Gasteiger partial charge in [0.15, 0.2) is 0 Å². The Labute approximate surface area is 91.2 Å². The zero-order valence-electron chi connectivity index (χ0n) is 7.09. The number of hydrogen-bond acceptors (Lipinski definition) is 2. The molecule has 0 amide bonds. The first-order valence-electron chi connectivity index (χ1n) is 4.02. The van der Waals surface area contributed by atoms with Gasteiger partial charge in [-0.15, -0.1) is 0 Å². The quantitative estimate of drug-likeness (QED) is 0.849. The molecule has 0 spiro atoms. The largest absolute Gasteiger partial charge is 0.492 e. The van der Waals surface area contributed by atoms with Crippen LogP contribution >= 0.6 is 27.5 Å². The molecule has 2 nitrogen and oxygen atoms in total. The molecule has 1 rings (SSSR count). The molecular formula is C9H11BrClNO. The maximum absolute atomic E-state index is 5.80. The fraction of sp³-hybridized carbons (Fsp3) is 0.333. The minimum Gasteiger partial charge on any atom is -0.492 e. The van der Waals surface area contributed by atoms with E-state index in [9.17, 15) is 0 Å². The van der Waals surface area contributed by atoms with E-state index in [1.807, 2.05) is 6.07 Å². The second kappa shape index (κ2) is 5.47. The Balaban J connectivity index is 2.59. The minimum absolute atomic E-state index is 0.620. The van der Waals surface area contributed by atoms with Gasteiger partial charge >= 0.3 is 0 Å². The van der Waals surface area contributed by atoms with Crippen molar-refractivity contribution in [3.05, 3.63) is 27.7 Å². The van der Waals surface area contributed by atoms with Crippen molar-refractivity contribution >= 4 is 27.5 Å². The Morgan fingerprint density at radius 1 is 1.46 bits per heavy atom. The third-order valence-corrected chi connectivity index (χ3v) is 2.39. The summed E-state index contributed by atoms with van der Waals surface area (Å²) in [6.07, 6.45) is 0.846. The van der Waals surface area contributed by atoms with Crippen molar-refractivity contribution in [2.24, 2.45) is 5.73 Å². The molecule has 0 fully saturated rings. The van der Waals surface area contributed by atoms with Gasteiger partial charge in [-0.25, -0.2) is 0 Å². The molecule has 1 aromatic carbocycles. The normalized spacial score (nSPS) is 10.1. The van der Waals surface area contributed by atoms with E-state index >= 15 is 0 Å². The van der Waals surface area contributed by atoms with Crippen molar-refractivity contribution in [1.82, 2.24) is 0 Å². The molecule has 0 aliphatic carbocycles. The molecule has 0 radical (unpaired) electrons. The van der Waals surface area contributed by atoms with Crippen LogP contribution in [0.15, 0.2) is 22.7 Å². The number of hydrogen-bond donors (Lipinski definition) is 1. The maximum atomic E-state index is 5.80. The van der Waals surface area contributed by atoms with Gasteiger partial charge in [-0.2, -0.15) is 0 Å². The summed E-state index contributed by atoms with van der Waals surface area (Å²) in [7, 11) is 0. The first-order chi connectivity index (χ1) is 6.24. The number of rotatable bonds is 4. The lowest BCUT2D eigenvalue weighted by atomic mass is 10.3. The molecule has 0 aromatic heterocycles. The molecule has 13 heavy (non-hydrogen) atoms. The van der Waals surface area contributed by atoms with E-state index in [1.165, 1.54) is 0 Å². The Kier molecular flexibility index (Phi) is 4.56. The van der Waals surface area contributed by atoms with Crippen LogP contribution in [-0.4, -0.2) is 13.2 Å². The van der Waals surface area contributed by atoms with E-state index in [0.717, 1.165) is 16.6 Å². The monoisotopic (exact) mass is 263 g/mol. The van der Waals surface area contributed by atoms with Gasteiger partial charge in [0.05, 0.1) is 11.1 Å². The van der Waals surface area contributed by atoms with Crippen LogP contribution in [0.2, 0.25) is 5.02 Å². The van der Waals surface area contributed by atoms with Crippen LogP contribution in [0.3, 0.4) is 0 Å². The van der Waals surface area contributed by atoms with E-state index in [-0.39, 0.29) is 0 Å². The molecule has 72 valence electrons. The van der Waals surface area contributed by atoms with Gasteiger partial charge in [0.25, 0.3) is 0 Å². The molecule has 0 unspecified atom stereocenters. The summed E-state index contributed by atoms with van der Waals surface area (Å²) >= 11 is 9.17. The van der Waals surface area contributed by atoms with E-state index in [1.54, 1.807) is 12.1 Å². The van der Waals surface area contributed by atoms with Crippen LogP contribution in [-0.2, 0) is 0 Å². The first kappa shape index (κ1) is 10.8. The second-order valence-corrected chi connectivity index (χ2v) is 3.86. The summed E-state index contributed by atoms with van der Waals surface area (Å²) in [5.41, 5.74) is 5.34. The van der Waals surface area contributed by atoms with Crippen molar-refractivity contribution in [2.45, 2.75) is 6.42 Å². The lowest BCUT2D eigenvalue weighted by Crippen LogP contribution is -2.06. The van der Waals surface area contributed by atoms with Crippen molar-refractivity contribution in [2.75, 3.05) is 13.2 Å². The van der Waals surface area contributed by atoms with Gasteiger partial charge < -0.3 is 10.5 Å². The number of nitrogens with two attached hydrogens (primary N) is 1. The molecule has 0 saturated carbocycles. The van der Waals surface area contributed by atoms with E-state index in [2.05, 4.69) is 15.9 Å². The molecular weight excluding hydrogens is 253 g/mol. The summed E-state index contributed by atoms with van der Waals surface area (Å²) in [5.74, 6) is 0.765. The fourth-order valence-corrected chi connectivity index (χ4v) is 1.38. The molecule has 0 heterocycles. The molecule has 1 aromatic rings. The second-order valence-electron chi connectivity index (χ2n) is 2.57. The zero-order chi connectivity index (χ0) is 9.68. The predicted molar refractivity (Wildman–Crippen MR) is 58.3 cm³/mol. The number of benzene rings is 1. The highest BCUT2D eigenvalue weighted by Gasteiger charge is 2.00. The summed E-state index contributed by atoms with van der Waals surface area (Å²) < 4.78 is 6.36. The highest BCUT2D eigenvalue weighted by Crippen LogP contribution is 2.27. The number of halogens is 2. The zero-order valence-corrected chi connectivity index (χ0v) is 9.44. The molecule has 0 bridgehead atoms. The minimum atomic E-state index is 0.620. The Hall–Kier alpha value is -0.250.